The number of ether oxygens (including phenoxy) is 1. The van der Waals surface area contributed by atoms with E-state index in [2.05, 4.69) is 0 Å². The lowest BCUT2D eigenvalue weighted by Crippen LogP contribution is -1.82. The summed E-state index contributed by atoms with van der Waals surface area (Å²) in [4.78, 5) is 0. The van der Waals surface area contributed by atoms with Gasteiger partial charge in [0.05, 0.1) is 6.10 Å². The molecule has 0 aromatic heterocycles. The number of hydrogen-bond acceptors (Lipinski definition) is 3. The number of phenolic OH excluding ortho intramolecular Hbond substituents is 2. The minimum absolute atomic E-state index is 0.0878. The van der Waals surface area contributed by atoms with Crippen LogP contribution in [0, 0.1) is 0 Å². The average Bonchev–Trinajstić information content (AvgIpc) is 2.73. The highest BCUT2D eigenvalue weighted by atomic mass is 16.6. The van der Waals surface area contributed by atoms with Crippen molar-refractivity contribution in [3.8, 4) is 11.5 Å². The topological polar surface area (TPSA) is 53.0 Å². The van der Waals surface area contributed by atoms with Gasteiger partial charge in [-0.05, 0) is 24.6 Å². The highest BCUT2D eigenvalue weighted by molar-refractivity contribution is 5.42. The molecule has 12 heavy (non-hydrogen) atoms. The molecule has 0 aliphatic carbocycles. The number of rotatable bonds is 1. The summed E-state index contributed by atoms with van der Waals surface area (Å²) in [6, 6.07) is 4.76. The molecule has 0 spiro atoms. The maximum Gasteiger partial charge on any atom is 0.157 e. The van der Waals surface area contributed by atoms with Crippen molar-refractivity contribution in [2.45, 2.75) is 19.1 Å². The fourth-order valence-electron chi connectivity index (χ4n) is 1.25. The van der Waals surface area contributed by atoms with E-state index >= 15 is 0 Å². The monoisotopic (exact) mass is 166 g/mol. The minimum atomic E-state index is -0.0907. The number of benzene rings is 1. The Kier molecular flexibility index (Phi) is 1.48. The lowest BCUT2D eigenvalue weighted by molar-refractivity contribution is 0.379. The van der Waals surface area contributed by atoms with Crippen LogP contribution in [0.1, 0.15) is 18.6 Å². The predicted molar refractivity (Wildman–Crippen MR) is 43.1 cm³/mol. The summed E-state index contributed by atoms with van der Waals surface area (Å²) in [7, 11) is 0. The van der Waals surface area contributed by atoms with E-state index in [1.165, 1.54) is 12.1 Å². The number of hydrogen-bond donors (Lipinski definition) is 2. The second-order valence-corrected chi connectivity index (χ2v) is 3.01. The van der Waals surface area contributed by atoms with Gasteiger partial charge in [-0.3, -0.25) is 0 Å². The minimum Gasteiger partial charge on any atom is -0.504 e. The molecular weight excluding hydrogens is 156 g/mol. The van der Waals surface area contributed by atoms with Gasteiger partial charge in [0.25, 0.3) is 0 Å². The van der Waals surface area contributed by atoms with Crippen LogP contribution in [0.5, 0.6) is 11.5 Å². The summed E-state index contributed by atoms with van der Waals surface area (Å²) in [5.41, 5.74) is 0.915. The van der Waals surface area contributed by atoms with Crippen molar-refractivity contribution < 1.29 is 14.9 Å². The van der Waals surface area contributed by atoms with Gasteiger partial charge >= 0.3 is 0 Å². The Morgan fingerprint density at radius 3 is 2.42 bits per heavy atom. The molecule has 1 saturated heterocycles. The first kappa shape index (κ1) is 7.43. The molecule has 3 heteroatoms. The quantitative estimate of drug-likeness (QED) is 0.491. The zero-order chi connectivity index (χ0) is 8.72. The van der Waals surface area contributed by atoms with Crippen molar-refractivity contribution in [1.82, 2.24) is 0 Å². The second-order valence-electron chi connectivity index (χ2n) is 3.01. The lowest BCUT2D eigenvalue weighted by atomic mass is 10.1. The van der Waals surface area contributed by atoms with Crippen LogP contribution in [0.25, 0.3) is 0 Å². The summed E-state index contributed by atoms with van der Waals surface area (Å²) in [5.74, 6) is -0.178. The number of epoxide rings is 1. The predicted octanol–water partition coefficient (Wildman–Crippen LogP) is 1.56. The summed E-state index contributed by atoms with van der Waals surface area (Å²) in [6.07, 6.45) is 0.324. The van der Waals surface area contributed by atoms with E-state index in [4.69, 9.17) is 14.9 Å². The van der Waals surface area contributed by atoms with Gasteiger partial charge in [0, 0.05) is 0 Å². The Morgan fingerprint density at radius 2 is 1.92 bits per heavy atom. The Labute approximate surface area is 70.2 Å². The van der Waals surface area contributed by atoms with Gasteiger partial charge in [-0.25, -0.2) is 0 Å². The number of phenols is 2. The van der Waals surface area contributed by atoms with Crippen LogP contribution in [-0.2, 0) is 4.74 Å². The van der Waals surface area contributed by atoms with Crippen LogP contribution in [-0.4, -0.2) is 16.3 Å². The van der Waals surface area contributed by atoms with E-state index in [0.29, 0.717) is 0 Å². The first-order chi connectivity index (χ1) is 5.68. The molecule has 64 valence electrons. The molecule has 1 aliphatic heterocycles. The summed E-state index contributed by atoms with van der Waals surface area (Å²) in [5, 5.41) is 18.2. The molecule has 0 saturated carbocycles. The lowest BCUT2D eigenvalue weighted by Gasteiger charge is -1.99. The van der Waals surface area contributed by atoms with Crippen LogP contribution in [0.4, 0.5) is 0 Å². The van der Waals surface area contributed by atoms with Gasteiger partial charge in [0.2, 0.25) is 0 Å². The van der Waals surface area contributed by atoms with E-state index in [9.17, 15) is 0 Å². The van der Waals surface area contributed by atoms with Gasteiger partial charge in [0.15, 0.2) is 11.5 Å². The van der Waals surface area contributed by atoms with Crippen LogP contribution in [0.2, 0.25) is 0 Å². The fraction of sp³-hybridized carbons (Fsp3) is 0.333. The summed E-state index contributed by atoms with van der Waals surface area (Å²) < 4.78 is 5.20. The third-order valence-corrected chi connectivity index (χ3v) is 2.04. The SMILES string of the molecule is CC1OC1c1ccc(O)c(O)c1. The summed E-state index contributed by atoms with van der Waals surface area (Å²) in [6.45, 7) is 1.97. The van der Waals surface area contributed by atoms with E-state index in [1.807, 2.05) is 6.92 Å². The Morgan fingerprint density at radius 1 is 1.25 bits per heavy atom. The molecule has 0 bridgehead atoms. The Balaban J connectivity index is 2.29. The van der Waals surface area contributed by atoms with E-state index in [1.54, 1.807) is 6.07 Å². The molecule has 1 heterocycles. The fourth-order valence-corrected chi connectivity index (χ4v) is 1.25. The van der Waals surface area contributed by atoms with Crippen molar-refractivity contribution in [3.05, 3.63) is 23.8 Å². The molecule has 3 nitrogen and oxygen atoms in total. The highest BCUT2D eigenvalue weighted by Crippen LogP contribution is 2.40. The van der Waals surface area contributed by atoms with Crippen LogP contribution in [0.15, 0.2) is 18.2 Å². The molecule has 0 amide bonds. The maximum absolute atomic E-state index is 9.16. The van der Waals surface area contributed by atoms with Crippen LogP contribution in [0.3, 0.4) is 0 Å². The molecular formula is C9H10O3. The van der Waals surface area contributed by atoms with Gasteiger partial charge in [0.1, 0.15) is 6.10 Å². The Bertz CT molecular complexity index is 309. The van der Waals surface area contributed by atoms with Crippen molar-refractivity contribution >= 4 is 0 Å². The van der Waals surface area contributed by atoms with Crippen molar-refractivity contribution in [2.24, 2.45) is 0 Å². The van der Waals surface area contributed by atoms with Crippen molar-refractivity contribution in [3.63, 3.8) is 0 Å². The normalized spacial score (nSPS) is 27.1. The molecule has 1 aromatic carbocycles. The first-order valence-corrected chi connectivity index (χ1v) is 3.86. The third kappa shape index (κ3) is 1.12. The molecule has 2 N–H and O–H groups in total. The molecule has 0 radical (unpaired) electrons. The zero-order valence-electron chi connectivity index (χ0n) is 6.69. The zero-order valence-corrected chi connectivity index (χ0v) is 6.69. The molecule has 1 fully saturated rings. The first-order valence-electron chi connectivity index (χ1n) is 3.86. The van der Waals surface area contributed by atoms with E-state index in [-0.39, 0.29) is 23.7 Å². The molecule has 2 atom stereocenters. The summed E-state index contributed by atoms with van der Waals surface area (Å²) >= 11 is 0. The largest absolute Gasteiger partial charge is 0.504 e. The van der Waals surface area contributed by atoms with Crippen molar-refractivity contribution in [2.75, 3.05) is 0 Å². The van der Waals surface area contributed by atoms with Gasteiger partial charge < -0.3 is 14.9 Å². The maximum atomic E-state index is 9.16. The molecule has 1 aliphatic rings. The molecule has 1 aromatic rings. The molecule has 2 unspecified atom stereocenters. The van der Waals surface area contributed by atoms with Gasteiger partial charge in [-0.1, -0.05) is 6.07 Å². The average molecular weight is 166 g/mol. The van der Waals surface area contributed by atoms with Crippen LogP contribution >= 0.6 is 0 Å². The Hall–Kier alpha value is -1.22. The molecule has 2 rings (SSSR count). The second kappa shape index (κ2) is 2.38. The van der Waals surface area contributed by atoms with Gasteiger partial charge in [-0.2, -0.15) is 0 Å². The van der Waals surface area contributed by atoms with Crippen molar-refractivity contribution in [1.29, 1.82) is 0 Å². The highest BCUT2D eigenvalue weighted by Gasteiger charge is 2.35. The third-order valence-electron chi connectivity index (χ3n) is 2.04. The van der Waals surface area contributed by atoms with Crippen LogP contribution < -0.4 is 0 Å². The van der Waals surface area contributed by atoms with E-state index < -0.39 is 0 Å². The smallest absolute Gasteiger partial charge is 0.157 e. The number of aromatic hydroxyl groups is 2. The van der Waals surface area contributed by atoms with E-state index in [0.717, 1.165) is 5.56 Å². The standard InChI is InChI=1S/C9H10O3/c1-5-9(12-5)6-2-3-7(10)8(11)4-6/h2-5,9-11H,1H3. The van der Waals surface area contributed by atoms with Gasteiger partial charge in [-0.15, -0.1) is 0 Å².